The number of amides is 2. The van der Waals surface area contributed by atoms with E-state index < -0.39 is 0 Å². The van der Waals surface area contributed by atoms with Crippen molar-refractivity contribution >= 4 is 23.4 Å². The van der Waals surface area contributed by atoms with Crippen LogP contribution >= 0.6 is 11.6 Å². The summed E-state index contributed by atoms with van der Waals surface area (Å²) in [5.74, 6) is 0.493. The highest BCUT2D eigenvalue weighted by Crippen LogP contribution is 2.20. The Morgan fingerprint density at radius 1 is 1.35 bits per heavy atom. The first-order valence-corrected chi connectivity index (χ1v) is 8.57. The minimum Gasteiger partial charge on any atom is -0.440 e. The van der Waals surface area contributed by atoms with Crippen molar-refractivity contribution in [2.75, 3.05) is 26.2 Å². The van der Waals surface area contributed by atoms with Gasteiger partial charge < -0.3 is 20.0 Å². The monoisotopic (exact) mass is 339 g/mol. The molecule has 3 rings (SSSR count). The lowest BCUT2D eigenvalue weighted by Crippen LogP contribution is -2.46. The summed E-state index contributed by atoms with van der Waals surface area (Å²) in [6, 6.07) is 3.12. The number of nitrogens with one attached hydrogen (secondary N) is 2. The second-order valence-corrected chi connectivity index (χ2v) is 6.63. The fourth-order valence-electron chi connectivity index (χ4n) is 3.28. The SMILES string of the molecule is O=C(NC[C@@H]1CCCN(C(=O)c2ccc(Cl)o2)C1)[C@@H]1CCCN1. The molecule has 0 saturated carbocycles. The predicted molar refractivity (Wildman–Crippen MR) is 86.4 cm³/mol. The largest absolute Gasteiger partial charge is 0.440 e. The van der Waals surface area contributed by atoms with E-state index in [0.717, 1.165) is 32.2 Å². The number of furan rings is 1. The van der Waals surface area contributed by atoms with Crippen LogP contribution < -0.4 is 10.6 Å². The van der Waals surface area contributed by atoms with E-state index in [2.05, 4.69) is 10.6 Å². The van der Waals surface area contributed by atoms with Gasteiger partial charge in [-0.25, -0.2) is 0 Å². The van der Waals surface area contributed by atoms with Crippen molar-refractivity contribution in [3.05, 3.63) is 23.1 Å². The zero-order chi connectivity index (χ0) is 16.2. The van der Waals surface area contributed by atoms with E-state index in [1.165, 1.54) is 0 Å². The number of carbonyl (C=O) groups is 2. The Morgan fingerprint density at radius 2 is 2.22 bits per heavy atom. The fraction of sp³-hybridized carbons (Fsp3) is 0.625. The van der Waals surface area contributed by atoms with Gasteiger partial charge in [-0.15, -0.1) is 0 Å². The summed E-state index contributed by atoms with van der Waals surface area (Å²) < 4.78 is 5.20. The number of likely N-dealkylation sites (tertiary alicyclic amines) is 1. The lowest BCUT2D eigenvalue weighted by atomic mass is 9.97. The van der Waals surface area contributed by atoms with Crippen LogP contribution in [0.15, 0.2) is 16.5 Å². The van der Waals surface area contributed by atoms with E-state index in [0.29, 0.717) is 19.6 Å². The molecule has 0 spiro atoms. The Kier molecular flexibility index (Phi) is 5.23. The molecule has 1 aromatic heterocycles. The van der Waals surface area contributed by atoms with Gasteiger partial charge in [-0.1, -0.05) is 0 Å². The van der Waals surface area contributed by atoms with Gasteiger partial charge in [0.25, 0.3) is 5.91 Å². The Morgan fingerprint density at radius 3 is 2.91 bits per heavy atom. The third kappa shape index (κ3) is 4.06. The summed E-state index contributed by atoms with van der Waals surface area (Å²) in [6.07, 6.45) is 3.90. The first kappa shape index (κ1) is 16.3. The van der Waals surface area contributed by atoms with Crippen molar-refractivity contribution < 1.29 is 14.0 Å². The van der Waals surface area contributed by atoms with Gasteiger partial charge in [0.1, 0.15) is 0 Å². The smallest absolute Gasteiger partial charge is 0.289 e. The molecule has 0 aromatic carbocycles. The van der Waals surface area contributed by atoms with Crippen LogP contribution in [-0.4, -0.2) is 48.9 Å². The van der Waals surface area contributed by atoms with Crippen molar-refractivity contribution in [2.24, 2.45) is 5.92 Å². The lowest BCUT2D eigenvalue weighted by Gasteiger charge is -2.32. The zero-order valence-corrected chi connectivity index (χ0v) is 13.8. The third-order valence-corrected chi connectivity index (χ3v) is 4.74. The van der Waals surface area contributed by atoms with Gasteiger partial charge in [-0.05, 0) is 61.9 Å². The summed E-state index contributed by atoms with van der Waals surface area (Å²) in [4.78, 5) is 26.2. The van der Waals surface area contributed by atoms with E-state index in [-0.39, 0.29) is 34.8 Å². The maximum atomic E-state index is 12.4. The van der Waals surface area contributed by atoms with Gasteiger partial charge in [0, 0.05) is 19.6 Å². The van der Waals surface area contributed by atoms with Gasteiger partial charge >= 0.3 is 0 Å². The van der Waals surface area contributed by atoms with Crippen LogP contribution in [0.3, 0.4) is 0 Å². The molecule has 2 fully saturated rings. The highest BCUT2D eigenvalue weighted by atomic mass is 35.5. The van der Waals surface area contributed by atoms with E-state index in [1.54, 1.807) is 17.0 Å². The second kappa shape index (κ2) is 7.36. The predicted octanol–water partition coefficient (Wildman–Crippen LogP) is 1.65. The van der Waals surface area contributed by atoms with Crippen molar-refractivity contribution in [3.63, 3.8) is 0 Å². The van der Waals surface area contributed by atoms with E-state index in [1.807, 2.05) is 0 Å². The van der Waals surface area contributed by atoms with Crippen molar-refractivity contribution in [2.45, 2.75) is 31.7 Å². The molecule has 3 heterocycles. The topological polar surface area (TPSA) is 74.6 Å². The van der Waals surface area contributed by atoms with Crippen molar-refractivity contribution in [1.29, 1.82) is 0 Å². The van der Waals surface area contributed by atoms with E-state index >= 15 is 0 Å². The van der Waals surface area contributed by atoms with Crippen molar-refractivity contribution in [1.82, 2.24) is 15.5 Å². The lowest BCUT2D eigenvalue weighted by molar-refractivity contribution is -0.123. The van der Waals surface area contributed by atoms with Gasteiger partial charge in [0.05, 0.1) is 6.04 Å². The average Bonchev–Trinajstić information content (AvgIpc) is 3.24. The Bertz CT molecular complexity index is 569. The normalized spacial score (nSPS) is 24.7. The minimum absolute atomic E-state index is 0.0541. The summed E-state index contributed by atoms with van der Waals surface area (Å²) >= 11 is 5.73. The maximum absolute atomic E-state index is 12.4. The van der Waals surface area contributed by atoms with Crippen molar-refractivity contribution in [3.8, 4) is 0 Å². The molecule has 2 aliphatic rings. The van der Waals surface area contributed by atoms with Gasteiger partial charge in [0.2, 0.25) is 5.91 Å². The minimum atomic E-state index is -0.134. The third-order valence-electron chi connectivity index (χ3n) is 4.53. The number of halogens is 1. The molecule has 2 aliphatic heterocycles. The average molecular weight is 340 g/mol. The standard InChI is InChI=1S/C16H22ClN3O3/c17-14-6-5-13(23-14)16(22)20-8-2-3-11(10-20)9-19-15(21)12-4-1-7-18-12/h5-6,11-12,18H,1-4,7-10H2,(H,19,21)/t11-,12-/m0/s1. The van der Waals surface area contributed by atoms with Gasteiger partial charge in [-0.3, -0.25) is 9.59 Å². The molecule has 2 saturated heterocycles. The number of hydrogen-bond donors (Lipinski definition) is 2. The number of piperidine rings is 1. The summed E-state index contributed by atoms with van der Waals surface area (Å²) in [5.41, 5.74) is 0. The van der Waals surface area contributed by atoms with Crippen LogP contribution in [0.2, 0.25) is 5.22 Å². The summed E-state index contributed by atoms with van der Waals surface area (Å²) in [7, 11) is 0. The first-order valence-electron chi connectivity index (χ1n) is 8.19. The quantitative estimate of drug-likeness (QED) is 0.874. The molecule has 1 aromatic rings. The number of carbonyl (C=O) groups excluding carboxylic acids is 2. The zero-order valence-electron chi connectivity index (χ0n) is 13.0. The molecule has 2 amide bonds. The maximum Gasteiger partial charge on any atom is 0.289 e. The molecule has 0 radical (unpaired) electrons. The van der Waals surface area contributed by atoms with Gasteiger partial charge in [-0.2, -0.15) is 0 Å². The second-order valence-electron chi connectivity index (χ2n) is 6.26. The summed E-state index contributed by atoms with van der Waals surface area (Å²) in [6.45, 7) is 2.87. The van der Waals surface area contributed by atoms with Crippen LogP contribution in [0.4, 0.5) is 0 Å². The number of hydrogen-bond acceptors (Lipinski definition) is 4. The van der Waals surface area contributed by atoms with Crippen LogP contribution in [-0.2, 0) is 4.79 Å². The molecule has 23 heavy (non-hydrogen) atoms. The molecule has 6 nitrogen and oxygen atoms in total. The number of nitrogens with zero attached hydrogens (tertiary/aromatic N) is 1. The van der Waals surface area contributed by atoms with Crippen LogP contribution in [0, 0.1) is 5.92 Å². The number of rotatable bonds is 4. The molecule has 0 unspecified atom stereocenters. The highest BCUT2D eigenvalue weighted by Gasteiger charge is 2.28. The van der Waals surface area contributed by atoms with Gasteiger partial charge in [0.15, 0.2) is 11.0 Å². The summed E-state index contributed by atoms with van der Waals surface area (Å²) in [5, 5.41) is 6.43. The first-order chi connectivity index (χ1) is 11.1. The molecule has 0 aliphatic carbocycles. The fourth-order valence-corrected chi connectivity index (χ4v) is 3.42. The Hall–Kier alpha value is -1.53. The molecule has 126 valence electrons. The highest BCUT2D eigenvalue weighted by molar-refractivity contribution is 6.29. The molecule has 0 bridgehead atoms. The van der Waals surface area contributed by atoms with Crippen LogP contribution in [0.25, 0.3) is 0 Å². The molecule has 2 N–H and O–H groups in total. The van der Waals surface area contributed by atoms with Crippen LogP contribution in [0.5, 0.6) is 0 Å². The molecular weight excluding hydrogens is 318 g/mol. The molecule has 2 atom stereocenters. The molecular formula is C16H22ClN3O3. The molecule has 7 heteroatoms. The van der Waals surface area contributed by atoms with E-state index in [9.17, 15) is 9.59 Å². The Balaban J connectivity index is 1.49. The Labute approximate surface area is 140 Å². The van der Waals surface area contributed by atoms with Crippen LogP contribution in [0.1, 0.15) is 36.2 Å². The van der Waals surface area contributed by atoms with E-state index in [4.69, 9.17) is 16.0 Å².